The number of unbranched alkanes of at least 4 members (excludes halogenated alkanes) is 1. The lowest BCUT2D eigenvalue weighted by Crippen LogP contribution is -2.38. The normalized spacial score (nSPS) is 12.1. The van der Waals surface area contributed by atoms with Crippen LogP contribution in [0, 0.1) is 26.9 Å². The first-order chi connectivity index (χ1) is 11.1. The van der Waals surface area contributed by atoms with Gasteiger partial charge in [-0.15, -0.1) is 0 Å². The summed E-state index contributed by atoms with van der Waals surface area (Å²) < 4.78 is 26.9. The van der Waals surface area contributed by atoms with Gasteiger partial charge in [-0.05, 0) is 24.3 Å². The largest absolute Gasteiger partial charge is 0.270 e. The maximum absolute atomic E-state index is 12.8. The van der Waals surface area contributed by atoms with Crippen molar-refractivity contribution in [2.75, 3.05) is 13.1 Å². The van der Waals surface area contributed by atoms with Crippen molar-refractivity contribution in [1.82, 2.24) is 4.31 Å². The first-order valence-corrected chi connectivity index (χ1v) is 9.19. The summed E-state index contributed by atoms with van der Waals surface area (Å²) >= 11 is 0. The van der Waals surface area contributed by atoms with Crippen LogP contribution in [0.5, 0.6) is 0 Å². The molecule has 7 nitrogen and oxygen atoms in total. The van der Waals surface area contributed by atoms with Crippen LogP contribution in [0.4, 0.5) is 5.69 Å². The minimum Gasteiger partial charge on any atom is -0.258 e. The molecule has 0 saturated heterocycles. The van der Waals surface area contributed by atoms with E-state index in [-0.39, 0.29) is 22.5 Å². The van der Waals surface area contributed by atoms with E-state index in [1.54, 1.807) is 6.92 Å². The third-order valence-electron chi connectivity index (χ3n) is 3.77. The molecule has 24 heavy (non-hydrogen) atoms. The number of nitro groups is 1. The van der Waals surface area contributed by atoms with Gasteiger partial charge in [0, 0.05) is 31.6 Å². The molecule has 0 amide bonds. The van der Waals surface area contributed by atoms with Gasteiger partial charge in [0.2, 0.25) is 10.0 Å². The highest BCUT2D eigenvalue weighted by Crippen LogP contribution is 2.28. The van der Waals surface area contributed by atoms with Crippen molar-refractivity contribution in [1.29, 1.82) is 5.26 Å². The summed E-state index contributed by atoms with van der Waals surface area (Å²) in [5.74, 6) is 0. The average Bonchev–Trinajstić information content (AvgIpc) is 2.52. The molecule has 0 aromatic heterocycles. The number of hydrogen-bond donors (Lipinski definition) is 0. The Morgan fingerprint density at radius 1 is 1.38 bits per heavy atom. The monoisotopic (exact) mass is 353 g/mol. The number of hydrogen-bond acceptors (Lipinski definition) is 5. The molecule has 0 aliphatic rings. The summed E-state index contributed by atoms with van der Waals surface area (Å²) in [5, 5.41) is 19.5. The van der Waals surface area contributed by atoms with Crippen LogP contribution in [0.3, 0.4) is 0 Å². The Balaban J connectivity index is 3.03. The van der Waals surface area contributed by atoms with Crippen molar-refractivity contribution in [2.45, 2.75) is 44.9 Å². The summed E-state index contributed by atoms with van der Waals surface area (Å²) in [4.78, 5) is 10.2. The van der Waals surface area contributed by atoms with Crippen molar-refractivity contribution in [3.05, 3.63) is 34.4 Å². The molecule has 0 bridgehead atoms. The second-order valence-electron chi connectivity index (χ2n) is 6.36. The van der Waals surface area contributed by atoms with Gasteiger partial charge >= 0.3 is 0 Å². The van der Waals surface area contributed by atoms with Gasteiger partial charge in [0.15, 0.2) is 0 Å². The van der Waals surface area contributed by atoms with Gasteiger partial charge in [-0.2, -0.15) is 9.57 Å². The highest BCUT2D eigenvalue weighted by Gasteiger charge is 2.30. The first kappa shape index (κ1) is 20.1. The minimum atomic E-state index is -3.81. The average molecular weight is 353 g/mol. The smallest absolute Gasteiger partial charge is 0.258 e. The van der Waals surface area contributed by atoms with Crippen LogP contribution in [0.15, 0.2) is 29.2 Å². The van der Waals surface area contributed by atoms with E-state index in [1.807, 2.05) is 13.8 Å². The van der Waals surface area contributed by atoms with Crippen LogP contribution in [-0.2, 0) is 10.0 Å². The lowest BCUT2D eigenvalue weighted by Gasteiger charge is -2.31. The quantitative estimate of drug-likeness (QED) is 0.385. The lowest BCUT2D eigenvalue weighted by molar-refractivity contribution is -0.385. The maximum atomic E-state index is 12.8. The van der Waals surface area contributed by atoms with Crippen molar-refractivity contribution >= 4 is 15.7 Å². The van der Waals surface area contributed by atoms with Crippen LogP contribution >= 0.6 is 0 Å². The molecule has 0 saturated carbocycles. The fourth-order valence-corrected chi connectivity index (χ4v) is 4.15. The highest BCUT2D eigenvalue weighted by molar-refractivity contribution is 7.89. The molecule has 0 heterocycles. The van der Waals surface area contributed by atoms with E-state index >= 15 is 0 Å². The zero-order valence-corrected chi connectivity index (χ0v) is 15.0. The molecule has 0 atom stereocenters. The molecule has 0 aliphatic heterocycles. The van der Waals surface area contributed by atoms with E-state index in [1.165, 1.54) is 22.5 Å². The second kappa shape index (κ2) is 8.22. The molecule has 0 unspecified atom stereocenters. The molecule has 0 aliphatic carbocycles. The van der Waals surface area contributed by atoms with E-state index in [2.05, 4.69) is 6.07 Å². The lowest BCUT2D eigenvalue weighted by atomic mass is 9.87. The number of nitriles is 1. The zero-order valence-electron chi connectivity index (χ0n) is 14.2. The Hall–Kier alpha value is -1.98. The highest BCUT2D eigenvalue weighted by atomic mass is 32.2. The fraction of sp³-hybridized carbons (Fsp3) is 0.562. The molecule has 0 spiro atoms. The summed E-state index contributed by atoms with van der Waals surface area (Å²) in [7, 11) is -3.81. The molecule has 1 aromatic carbocycles. The Kier molecular flexibility index (Phi) is 6.87. The molecule has 8 heteroatoms. The predicted octanol–water partition coefficient (Wildman–Crippen LogP) is 3.33. The molecule has 1 rings (SSSR count). The molecular weight excluding hydrogens is 330 g/mol. The van der Waals surface area contributed by atoms with E-state index in [4.69, 9.17) is 5.26 Å². The van der Waals surface area contributed by atoms with E-state index in [0.29, 0.717) is 19.4 Å². The summed E-state index contributed by atoms with van der Waals surface area (Å²) in [6.45, 7) is 6.21. The topological polar surface area (TPSA) is 104 Å². The molecule has 0 N–H and O–H groups in total. The van der Waals surface area contributed by atoms with Gasteiger partial charge in [0.1, 0.15) is 0 Å². The maximum Gasteiger partial charge on any atom is 0.270 e. The van der Waals surface area contributed by atoms with Crippen LogP contribution in [0.1, 0.15) is 40.0 Å². The van der Waals surface area contributed by atoms with Crippen molar-refractivity contribution in [3.63, 3.8) is 0 Å². The fourth-order valence-electron chi connectivity index (χ4n) is 2.48. The van der Waals surface area contributed by atoms with Gasteiger partial charge in [-0.1, -0.05) is 26.8 Å². The van der Waals surface area contributed by atoms with Crippen LogP contribution in [-0.4, -0.2) is 30.7 Å². The van der Waals surface area contributed by atoms with Crippen LogP contribution in [0.25, 0.3) is 0 Å². The molecular formula is C16H23N3O4S. The molecule has 0 radical (unpaired) electrons. The SMILES string of the molecule is CCN(CC(C)(C)CCCC#N)S(=O)(=O)c1cccc([N+](=O)[O-])c1. The van der Waals surface area contributed by atoms with Crippen LogP contribution < -0.4 is 0 Å². The van der Waals surface area contributed by atoms with E-state index in [0.717, 1.165) is 12.5 Å². The first-order valence-electron chi connectivity index (χ1n) is 7.75. The van der Waals surface area contributed by atoms with Crippen molar-refractivity contribution in [2.24, 2.45) is 5.41 Å². The van der Waals surface area contributed by atoms with E-state index in [9.17, 15) is 18.5 Å². The number of nitro benzene ring substituents is 1. The van der Waals surface area contributed by atoms with Gasteiger partial charge in [0.05, 0.1) is 15.9 Å². The number of non-ortho nitro benzene ring substituents is 1. The standard InChI is InChI=1S/C16H23N3O4S/c1-4-18(13-16(2,3)10-5-6-11-17)24(22,23)15-9-7-8-14(12-15)19(20)21/h7-9,12H,4-6,10,13H2,1-3H3. The van der Waals surface area contributed by atoms with Crippen LogP contribution in [0.2, 0.25) is 0 Å². The van der Waals surface area contributed by atoms with Gasteiger partial charge < -0.3 is 0 Å². The Bertz CT molecular complexity index is 723. The number of sulfonamides is 1. The number of nitrogens with zero attached hydrogens (tertiary/aromatic N) is 3. The summed E-state index contributed by atoms with van der Waals surface area (Å²) in [6.07, 6.45) is 1.87. The van der Waals surface area contributed by atoms with Crippen molar-refractivity contribution in [3.8, 4) is 6.07 Å². The number of benzene rings is 1. The zero-order chi connectivity index (χ0) is 18.4. The summed E-state index contributed by atoms with van der Waals surface area (Å²) in [6, 6.07) is 7.17. The number of rotatable bonds is 9. The molecule has 132 valence electrons. The Labute approximate surface area is 143 Å². The van der Waals surface area contributed by atoms with Gasteiger partial charge in [-0.25, -0.2) is 8.42 Å². The Morgan fingerprint density at radius 3 is 2.58 bits per heavy atom. The van der Waals surface area contributed by atoms with Crippen molar-refractivity contribution < 1.29 is 13.3 Å². The summed E-state index contributed by atoms with van der Waals surface area (Å²) in [5.41, 5.74) is -0.541. The third-order valence-corrected chi connectivity index (χ3v) is 5.68. The predicted molar refractivity (Wildman–Crippen MR) is 90.8 cm³/mol. The molecule has 1 aromatic rings. The van der Waals surface area contributed by atoms with Gasteiger partial charge in [0.25, 0.3) is 5.69 Å². The van der Waals surface area contributed by atoms with Gasteiger partial charge in [-0.3, -0.25) is 10.1 Å². The third kappa shape index (κ3) is 5.28. The van der Waals surface area contributed by atoms with E-state index < -0.39 is 14.9 Å². The molecule has 0 fully saturated rings. The second-order valence-corrected chi connectivity index (χ2v) is 8.30. The Morgan fingerprint density at radius 2 is 2.04 bits per heavy atom. The minimum absolute atomic E-state index is 0.0774.